The molecular formula is C12H16ClN3S. The number of nitrogens with one attached hydrogen (secondary N) is 1. The Morgan fingerprint density at radius 2 is 2.24 bits per heavy atom. The van der Waals surface area contributed by atoms with Crippen molar-refractivity contribution in [3.05, 3.63) is 39.3 Å². The third kappa shape index (κ3) is 3.56. The minimum atomic E-state index is 0.843. The Balaban J connectivity index is 1.83. The summed E-state index contributed by atoms with van der Waals surface area (Å²) in [7, 11) is 0. The number of nitrogens with zero attached hydrogens (tertiary/aromatic N) is 2. The van der Waals surface area contributed by atoms with Crippen molar-refractivity contribution in [2.45, 2.75) is 33.0 Å². The van der Waals surface area contributed by atoms with Crippen molar-refractivity contribution in [3.8, 4) is 0 Å². The summed E-state index contributed by atoms with van der Waals surface area (Å²) in [5, 5.41) is 7.70. The van der Waals surface area contributed by atoms with E-state index in [2.05, 4.69) is 34.2 Å². The quantitative estimate of drug-likeness (QED) is 0.872. The van der Waals surface area contributed by atoms with Crippen LogP contribution in [0.25, 0.3) is 0 Å². The lowest BCUT2D eigenvalue weighted by molar-refractivity contribution is 0.550. The Kier molecular flexibility index (Phi) is 4.59. The molecule has 2 heterocycles. The molecule has 2 rings (SSSR count). The maximum atomic E-state index is 5.88. The Hall–Kier alpha value is -0.840. The van der Waals surface area contributed by atoms with Gasteiger partial charge in [-0.1, -0.05) is 18.5 Å². The first-order valence-electron chi connectivity index (χ1n) is 5.75. The number of thiophene rings is 1. The molecule has 2 aromatic rings. The summed E-state index contributed by atoms with van der Waals surface area (Å²) in [6.07, 6.45) is 2.96. The molecule has 0 saturated carbocycles. The van der Waals surface area contributed by atoms with Gasteiger partial charge in [0.1, 0.15) is 0 Å². The van der Waals surface area contributed by atoms with Crippen LogP contribution in [0.3, 0.4) is 0 Å². The van der Waals surface area contributed by atoms with Gasteiger partial charge in [-0.3, -0.25) is 4.68 Å². The van der Waals surface area contributed by atoms with E-state index in [0.29, 0.717) is 0 Å². The third-order valence-electron chi connectivity index (χ3n) is 2.47. The molecule has 0 bridgehead atoms. The van der Waals surface area contributed by atoms with Crippen LogP contribution in [0, 0.1) is 0 Å². The fourth-order valence-electron chi connectivity index (χ4n) is 1.68. The second-order valence-electron chi connectivity index (χ2n) is 3.86. The summed E-state index contributed by atoms with van der Waals surface area (Å²) in [5.41, 5.74) is 1.23. The Bertz CT molecular complexity index is 464. The van der Waals surface area contributed by atoms with Crippen LogP contribution in [0.1, 0.15) is 23.9 Å². The van der Waals surface area contributed by atoms with Crippen molar-refractivity contribution in [1.82, 2.24) is 15.1 Å². The maximum absolute atomic E-state index is 5.88. The van der Waals surface area contributed by atoms with Crippen LogP contribution in [-0.4, -0.2) is 9.78 Å². The topological polar surface area (TPSA) is 29.9 Å². The molecule has 0 fully saturated rings. The number of rotatable bonds is 6. The summed E-state index contributed by atoms with van der Waals surface area (Å²) in [5.74, 6) is 0. The van der Waals surface area contributed by atoms with Crippen molar-refractivity contribution in [2.24, 2.45) is 0 Å². The Morgan fingerprint density at radius 3 is 2.94 bits per heavy atom. The molecule has 92 valence electrons. The second kappa shape index (κ2) is 6.19. The van der Waals surface area contributed by atoms with Gasteiger partial charge in [0.15, 0.2) is 0 Å². The molecule has 0 aliphatic rings. The summed E-state index contributed by atoms with van der Waals surface area (Å²) < 4.78 is 2.90. The van der Waals surface area contributed by atoms with Crippen LogP contribution < -0.4 is 5.32 Å². The van der Waals surface area contributed by atoms with Crippen LogP contribution in [-0.2, 0) is 19.6 Å². The zero-order valence-electron chi connectivity index (χ0n) is 9.82. The molecule has 0 amide bonds. The van der Waals surface area contributed by atoms with Gasteiger partial charge in [-0.25, -0.2) is 0 Å². The van der Waals surface area contributed by atoms with E-state index < -0.39 is 0 Å². The van der Waals surface area contributed by atoms with E-state index in [1.54, 1.807) is 11.3 Å². The average molecular weight is 270 g/mol. The van der Waals surface area contributed by atoms with Gasteiger partial charge in [0, 0.05) is 30.7 Å². The first-order chi connectivity index (χ1) is 8.29. The Labute approximate surface area is 110 Å². The average Bonchev–Trinajstić information content (AvgIpc) is 2.90. The highest BCUT2D eigenvalue weighted by Gasteiger charge is 2.02. The van der Waals surface area contributed by atoms with Crippen molar-refractivity contribution in [2.75, 3.05) is 0 Å². The van der Waals surface area contributed by atoms with Crippen molar-refractivity contribution < 1.29 is 0 Å². The highest BCUT2D eigenvalue weighted by Crippen LogP contribution is 2.21. The van der Waals surface area contributed by atoms with Crippen molar-refractivity contribution >= 4 is 22.9 Å². The Morgan fingerprint density at radius 1 is 1.35 bits per heavy atom. The van der Waals surface area contributed by atoms with E-state index in [0.717, 1.165) is 30.4 Å². The van der Waals surface area contributed by atoms with Crippen LogP contribution in [0.15, 0.2) is 24.4 Å². The molecule has 0 radical (unpaired) electrons. The smallest absolute Gasteiger partial charge is 0.0931 e. The molecule has 0 unspecified atom stereocenters. The summed E-state index contributed by atoms with van der Waals surface area (Å²) in [4.78, 5) is 1.26. The molecule has 3 nitrogen and oxygen atoms in total. The van der Waals surface area contributed by atoms with Crippen LogP contribution in [0.5, 0.6) is 0 Å². The lowest BCUT2D eigenvalue weighted by Crippen LogP contribution is -2.15. The summed E-state index contributed by atoms with van der Waals surface area (Å²) >= 11 is 7.50. The van der Waals surface area contributed by atoms with Crippen LogP contribution >= 0.6 is 22.9 Å². The van der Waals surface area contributed by atoms with Gasteiger partial charge in [-0.2, -0.15) is 5.10 Å². The van der Waals surface area contributed by atoms with E-state index in [4.69, 9.17) is 11.6 Å². The number of hydrogen-bond acceptors (Lipinski definition) is 3. The van der Waals surface area contributed by atoms with Gasteiger partial charge in [-0.05, 0) is 24.6 Å². The molecule has 5 heteroatoms. The zero-order valence-corrected chi connectivity index (χ0v) is 11.4. The van der Waals surface area contributed by atoms with Gasteiger partial charge in [-0.15, -0.1) is 11.3 Å². The van der Waals surface area contributed by atoms with E-state index in [1.165, 1.54) is 10.6 Å². The van der Waals surface area contributed by atoms with Crippen molar-refractivity contribution in [1.29, 1.82) is 0 Å². The maximum Gasteiger partial charge on any atom is 0.0931 e. The van der Waals surface area contributed by atoms with Gasteiger partial charge < -0.3 is 5.32 Å². The van der Waals surface area contributed by atoms with E-state index in [9.17, 15) is 0 Å². The minimum absolute atomic E-state index is 0.843. The number of aromatic nitrogens is 2. The molecule has 2 aromatic heterocycles. The van der Waals surface area contributed by atoms with Gasteiger partial charge >= 0.3 is 0 Å². The number of halogens is 1. The number of aryl methyl sites for hydroxylation is 1. The summed E-state index contributed by atoms with van der Waals surface area (Å²) in [6, 6.07) is 6.05. The molecule has 0 spiro atoms. The second-order valence-corrected chi connectivity index (χ2v) is 5.65. The normalized spacial score (nSPS) is 10.9. The molecule has 0 aliphatic carbocycles. The van der Waals surface area contributed by atoms with Crippen LogP contribution in [0.4, 0.5) is 0 Å². The number of hydrogen-bond donors (Lipinski definition) is 1. The fraction of sp³-hybridized carbons (Fsp3) is 0.417. The highest BCUT2D eigenvalue weighted by molar-refractivity contribution is 7.16. The van der Waals surface area contributed by atoms with E-state index in [1.807, 2.05) is 12.3 Å². The van der Waals surface area contributed by atoms with E-state index in [-0.39, 0.29) is 0 Å². The molecule has 0 saturated heterocycles. The molecule has 0 aliphatic heterocycles. The van der Waals surface area contributed by atoms with Gasteiger partial charge in [0.25, 0.3) is 0 Å². The first kappa shape index (κ1) is 12.6. The fourth-order valence-corrected chi connectivity index (χ4v) is 2.74. The lowest BCUT2D eigenvalue weighted by Gasteiger charge is -2.06. The van der Waals surface area contributed by atoms with Gasteiger partial charge in [0.2, 0.25) is 0 Å². The monoisotopic (exact) mass is 269 g/mol. The predicted molar refractivity (Wildman–Crippen MR) is 72.4 cm³/mol. The molecule has 17 heavy (non-hydrogen) atoms. The lowest BCUT2D eigenvalue weighted by atomic mass is 10.4. The molecule has 0 aromatic carbocycles. The standard InChI is InChI=1S/C12H16ClN3S/c1-2-7-16-10(5-6-15-16)8-14-9-11-3-4-12(13)17-11/h3-6,14H,2,7-9H2,1H3. The zero-order chi connectivity index (χ0) is 12.1. The minimum Gasteiger partial charge on any atom is -0.306 e. The highest BCUT2D eigenvalue weighted by atomic mass is 35.5. The van der Waals surface area contributed by atoms with Crippen molar-refractivity contribution in [3.63, 3.8) is 0 Å². The predicted octanol–water partition coefficient (Wildman–Crippen LogP) is 3.30. The van der Waals surface area contributed by atoms with Crippen LogP contribution in [0.2, 0.25) is 4.34 Å². The van der Waals surface area contributed by atoms with E-state index >= 15 is 0 Å². The summed E-state index contributed by atoms with van der Waals surface area (Å²) in [6.45, 7) is 4.84. The molecule has 1 N–H and O–H groups in total. The third-order valence-corrected chi connectivity index (χ3v) is 3.71. The first-order valence-corrected chi connectivity index (χ1v) is 6.94. The molecule has 0 atom stereocenters. The molecular weight excluding hydrogens is 254 g/mol. The largest absolute Gasteiger partial charge is 0.306 e. The SMILES string of the molecule is CCCn1nccc1CNCc1ccc(Cl)s1. The van der Waals surface area contributed by atoms with Gasteiger partial charge in [0.05, 0.1) is 10.0 Å².